The Balaban J connectivity index is 1.12. The van der Waals surface area contributed by atoms with E-state index in [4.69, 9.17) is 28.4 Å². The second kappa shape index (κ2) is 21.5. The van der Waals surface area contributed by atoms with Gasteiger partial charge < -0.3 is 28.4 Å². The van der Waals surface area contributed by atoms with Crippen molar-refractivity contribution in [3.8, 4) is 34.5 Å². The fraction of sp³-hybridized carbons (Fsp3) is 0.289. The Morgan fingerprint density at radius 2 is 0.982 bits per heavy atom. The molecule has 0 saturated carbocycles. The Labute approximate surface area is 323 Å². The van der Waals surface area contributed by atoms with E-state index in [0.29, 0.717) is 55.8 Å². The van der Waals surface area contributed by atoms with Crippen molar-refractivity contribution >= 4 is 23.3 Å². The van der Waals surface area contributed by atoms with E-state index in [1.807, 2.05) is 50.2 Å². The van der Waals surface area contributed by atoms with E-state index in [9.17, 15) is 9.59 Å². The van der Waals surface area contributed by atoms with Gasteiger partial charge in [0.15, 0.2) is 0 Å². The van der Waals surface area contributed by atoms with Crippen molar-refractivity contribution in [3.63, 3.8) is 0 Å². The summed E-state index contributed by atoms with van der Waals surface area (Å²) in [6.07, 6.45) is 5.73. The summed E-state index contributed by atoms with van der Waals surface area (Å²) in [5.74, 6) is 1.80. The molecule has 10 heteroatoms. The number of azo groups is 1. The molecule has 5 aromatic carbocycles. The van der Waals surface area contributed by atoms with E-state index >= 15 is 0 Å². The number of nitrogens with zero attached hydrogens (tertiary/aromatic N) is 2. The maximum absolute atomic E-state index is 13.3. The second-order valence-corrected chi connectivity index (χ2v) is 12.5. The normalized spacial score (nSPS) is 10.9. The summed E-state index contributed by atoms with van der Waals surface area (Å²) in [6.45, 7) is 7.87. The van der Waals surface area contributed by atoms with Crippen LogP contribution in [0.15, 0.2) is 125 Å². The quantitative estimate of drug-likeness (QED) is 0.0316. The number of hydrogen-bond donors (Lipinski definition) is 0. The molecule has 5 aromatic rings. The van der Waals surface area contributed by atoms with Gasteiger partial charge in [0.1, 0.15) is 40.1 Å². The molecule has 0 saturated heterocycles. The molecule has 10 nitrogen and oxygen atoms in total. The summed E-state index contributed by atoms with van der Waals surface area (Å²) in [7, 11) is 0. The lowest BCUT2D eigenvalue weighted by molar-refractivity contribution is 0.0716. The molecule has 0 aliphatic heterocycles. The first-order valence-electron chi connectivity index (χ1n) is 18.8. The predicted octanol–water partition coefficient (Wildman–Crippen LogP) is 11.3. The first-order valence-corrected chi connectivity index (χ1v) is 18.8. The number of rotatable bonds is 21. The third kappa shape index (κ3) is 13.0. The molecule has 0 N–H and O–H groups in total. The highest BCUT2D eigenvalue weighted by atomic mass is 16.5. The highest BCUT2D eigenvalue weighted by Gasteiger charge is 2.19. The highest BCUT2D eigenvalue weighted by Crippen LogP contribution is 2.27. The van der Waals surface area contributed by atoms with Crippen LogP contribution in [0.2, 0.25) is 0 Å². The van der Waals surface area contributed by atoms with E-state index < -0.39 is 11.9 Å². The van der Waals surface area contributed by atoms with Crippen molar-refractivity contribution in [2.45, 2.75) is 59.3 Å². The summed E-state index contributed by atoms with van der Waals surface area (Å²) in [4.78, 5) is 26.4. The van der Waals surface area contributed by atoms with Crippen LogP contribution < -0.4 is 28.4 Å². The van der Waals surface area contributed by atoms with Gasteiger partial charge in [-0.2, -0.15) is 10.2 Å². The van der Waals surface area contributed by atoms with Gasteiger partial charge in [-0.25, -0.2) is 9.59 Å². The fourth-order valence-electron chi connectivity index (χ4n) is 5.39. The third-order valence-corrected chi connectivity index (χ3v) is 8.32. The number of ether oxygens (including phenoxy) is 6. The summed E-state index contributed by atoms with van der Waals surface area (Å²) >= 11 is 0. The molecule has 0 spiro atoms. The zero-order chi connectivity index (χ0) is 38.7. The van der Waals surface area contributed by atoms with E-state index in [1.54, 1.807) is 48.5 Å². The largest absolute Gasteiger partial charge is 0.494 e. The molecule has 0 amide bonds. The van der Waals surface area contributed by atoms with Crippen LogP contribution in [0.25, 0.3) is 0 Å². The lowest BCUT2D eigenvalue weighted by Crippen LogP contribution is -2.14. The van der Waals surface area contributed by atoms with Crippen molar-refractivity contribution in [2.75, 3.05) is 26.4 Å². The molecule has 0 bridgehead atoms. The molecule has 0 aliphatic rings. The Morgan fingerprint density at radius 1 is 0.491 bits per heavy atom. The molecule has 0 aliphatic carbocycles. The summed E-state index contributed by atoms with van der Waals surface area (Å²) < 4.78 is 34.1. The predicted molar refractivity (Wildman–Crippen MR) is 212 cm³/mol. The number of hydrogen-bond acceptors (Lipinski definition) is 10. The summed E-state index contributed by atoms with van der Waals surface area (Å²) in [6, 6.07) is 33.8. The van der Waals surface area contributed by atoms with Crippen molar-refractivity contribution in [1.82, 2.24) is 0 Å². The van der Waals surface area contributed by atoms with Crippen LogP contribution in [0.4, 0.5) is 11.4 Å². The molecular formula is C45H48N2O8. The molecule has 0 atom stereocenters. The molecule has 55 heavy (non-hydrogen) atoms. The van der Waals surface area contributed by atoms with E-state index in [-0.39, 0.29) is 16.9 Å². The zero-order valence-corrected chi connectivity index (χ0v) is 31.7. The molecule has 286 valence electrons. The minimum absolute atomic E-state index is 0.179. The van der Waals surface area contributed by atoms with Gasteiger partial charge in [-0.05, 0) is 155 Å². The first kappa shape index (κ1) is 40.0. The highest BCUT2D eigenvalue weighted by molar-refractivity contribution is 5.97. The molecular weight excluding hydrogens is 697 g/mol. The maximum atomic E-state index is 13.3. The van der Waals surface area contributed by atoms with Crippen LogP contribution in [0.1, 0.15) is 79.2 Å². The van der Waals surface area contributed by atoms with E-state index in [0.717, 1.165) is 36.4 Å². The lowest BCUT2D eigenvalue weighted by atomic mass is 10.1. The second-order valence-electron chi connectivity index (χ2n) is 12.5. The van der Waals surface area contributed by atoms with Crippen molar-refractivity contribution < 1.29 is 38.0 Å². The number of carbonyl (C=O) groups excluding carboxylic acids is 2. The Bertz CT molecular complexity index is 1960. The minimum atomic E-state index is -0.622. The van der Waals surface area contributed by atoms with Gasteiger partial charge in [-0.1, -0.05) is 25.5 Å². The van der Waals surface area contributed by atoms with Gasteiger partial charge in [-0.3, -0.25) is 0 Å². The number of carbonyl (C=O) groups is 2. The van der Waals surface area contributed by atoms with Crippen LogP contribution >= 0.6 is 0 Å². The van der Waals surface area contributed by atoms with Crippen molar-refractivity contribution in [3.05, 3.63) is 132 Å². The molecule has 0 heterocycles. The first-order chi connectivity index (χ1) is 26.9. The molecule has 0 unspecified atom stereocenters. The van der Waals surface area contributed by atoms with Gasteiger partial charge >= 0.3 is 11.9 Å². The monoisotopic (exact) mass is 744 g/mol. The average Bonchev–Trinajstić information content (AvgIpc) is 3.21. The van der Waals surface area contributed by atoms with Crippen LogP contribution in [-0.4, -0.2) is 38.4 Å². The van der Waals surface area contributed by atoms with E-state index in [2.05, 4.69) is 29.3 Å². The third-order valence-electron chi connectivity index (χ3n) is 8.32. The van der Waals surface area contributed by atoms with Gasteiger partial charge in [0.25, 0.3) is 0 Å². The van der Waals surface area contributed by atoms with Crippen LogP contribution in [-0.2, 0) is 6.42 Å². The number of unbranched alkanes of at least 4 members (excludes halogenated alkanes) is 3. The Hall–Kier alpha value is -6.16. The van der Waals surface area contributed by atoms with Gasteiger partial charge in [0.05, 0.1) is 43.4 Å². The Kier molecular flexibility index (Phi) is 15.7. The molecule has 0 aromatic heterocycles. The standard InChI is InChI=1S/C45H48N2O8/c1-4-7-11-33-12-15-35(16-13-33)46-47-36-17-19-39(20-18-36)52-30-9-8-10-31-53-43-32-34(44(48)54-40-25-21-37(22-26-40)50-5-2)14-29-42(43)45(49)55-41-27-23-38(24-28-41)51-6-3/h12-29,32H,4-11,30-31H2,1-3H3. The SMILES string of the molecule is CCCCc1ccc(N=Nc2ccc(OCCCCCOc3cc(C(=O)Oc4ccc(OCC)cc4)ccc3C(=O)Oc3ccc(OCC)cc3)cc2)cc1. The number of esters is 2. The summed E-state index contributed by atoms with van der Waals surface area (Å²) in [5, 5.41) is 8.70. The van der Waals surface area contributed by atoms with E-state index in [1.165, 1.54) is 36.6 Å². The van der Waals surface area contributed by atoms with Crippen LogP contribution in [0.3, 0.4) is 0 Å². The number of benzene rings is 5. The molecule has 0 fully saturated rings. The van der Waals surface area contributed by atoms with Crippen molar-refractivity contribution in [2.24, 2.45) is 10.2 Å². The summed E-state index contributed by atoms with van der Waals surface area (Å²) in [5.41, 5.74) is 3.28. The average molecular weight is 745 g/mol. The van der Waals surface area contributed by atoms with Crippen LogP contribution in [0, 0.1) is 0 Å². The Morgan fingerprint density at radius 3 is 1.55 bits per heavy atom. The molecule has 5 rings (SSSR count). The van der Waals surface area contributed by atoms with Gasteiger partial charge in [0.2, 0.25) is 0 Å². The topological polar surface area (TPSA) is 114 Å². The maximum Gasteiger partial charge on any atom is 0.347 e. The van der Waals surface area contributed by atoms with Gasteiger partial charge in [0, 0.05) is 0 Å². The minimum Gasteiger partial charge on any atom is -0.494 e. The van der Waals surface area contributed by atoms with Crippen LogP contribution in [0.5, 0.6) is 34.5 Å². The van der Waals surface area contributed by atoms with Crippen molar-refractivity contribution in [1.29, 1.82) is 0 Å². The lowest BCUT2D eigenvalue weighted by Gasteiger charge is -2.13. The smallest absolute Gasteiger partial charge is 0.347 e. The molecule has 0 radical (unpaired) electrons. The fourth-order valence-corrected chi connectivity index (χ4v) is 5.39. The van der Waals surface area contributed by atoms with Gasteiger partial charge in [-0.15, -0.1) is 0 Å². The zero-order valence-electron chi connectivity index (χ0n) is 31.7. The number of aryl methyl sites for hydroxylation is 1.